The third kappa shape index (κ3) is 4.51. The summed E-state index contributed by atoms with van der Waals surface area (Å²) in [5.74, 6) is -1.19. The highest BCUT2D eigenvalue weighted by atomic mass is 16.5. The van der Waals surface area contributed by atoms with Gasteiger partial charge in [-0.05, 0) is 36.8 Å². The zero-order valence-electron chi connectivity index (χ0n) is 14.5. The number of benzene rings is 1. The third-order valence-corrected chi connectivity index (χ3v) is 5.25. The first-order chi connectivity index (χ1) is 12.1. The highest BCUT2D eigenvalue weighted by Gasteiger charge is 2.36. The number of hydrogen-bond donors (Lipinski definition) is 1. The summed E-state index contributed by atoms with van der Waals surface area (Å²) in [6.07, 6.45) is 3.71. The molecule has 1 aliphatic carbocycles. The number of nitrogens with zero attached hydrogens (tertiary/aromatic N) is 1. The fourth-order valence-electron chi connectivity index (χ4n) is 4.04. The smallest absolute Gasteiger partial charge is 0.224 e. The van der Waals surface area contributed by atoms with Gasteiger partial charge in [-0.25, -0.2) is 0 Å². The quantitative estimate of drug-likeness (QED) is 0.846. The number of morpholine rings is 1. The Labute approximate surface area is 148 Å². The lowest BCUT2D eigenvalue weighted by Gasteiger charge is -2.31. The van der Waals surface area contributed by atoms with Gasteiger partial charge < -0.3 is 24.9 Å². The van der Waals surface area contributed by atoms with E-state index < -0.39 is 11.4 Å². The van der Waals surface area contributed by atoms with Gasteiger partial charge in [0.2, 0.25) is 5.91 Å². The SMILES string of the molecule is O=C([O-])CC1(CC(=O)Nc2ccccc2N2CCOCC2)CCCC1. The second kappa shape index (κ2) is 7.87. The Kier molecular flexibility index (Phi) is 5.58. The molecule has 25 heavy (non-hydrogen) atoms. The largest absolute Gasteiger partial charge is 0.550 e. The number of amides is 1. The van der Waals surface area contributed by atoms with Crippen molar-refractivity contribution < 1.29 is 19.4 Å². The van der Waals surface area contributed by atoms with Crippen LogP contribution < -0.4 is 15.3 Å². The summed E-state index contributed by atoms with van der Waals surface area (Å²) in [5.41, 5.74) is 1.31. The molecule has 2 fully saturated rings. The molecule has 1 saturated carbocycles. The fourth-order valence-corrected chi connectivity index (χ4v) is 4.04. The summed E-state index contributed by atoms with van der Waals surface area (Å²) in [4.78, 5) is 25.9. The topological polar surface area (TPSA) is 81.7 Å². The number of carboxylic acids is 1. The minimum atomic E-state index is -1.07. The van der Waals surface area contributed by atoms with Gasteiger partial charge in [-0.3, -0.25) is 4.79 Å². The maximum atomic E-state index is 12.6. The number of hydrogen-bond acceptors (Lipinski definition) is 5. The summed E-state index contributed by atoms with van der Waals surface area (Å²) >= 11 is 0. The molecule has 6 heteroatoms. The Morgan fingerprint density at radius 3 is 2.48 bits per heavy atom. The van der Waals surface area contributed by atoms with Crippen molar-refractivity contribution in [2.45, 2.75) is 38.5 Å². The first-order valence-electron chi connectivity index (χ1n) is 8.99. The summed E-state index contributed by atoms with van der Waals surface area (Å²) in [6, 6.07) is 7.73. The molecule has 0 aromatic heterocycles. The Morgan fingerprint density at radius 2 is 1.80 bits per heavy atom. The second-order valence-corrected chi connectivity index (χ2v) is 7.10. The van der Waals surface area contributed by atoms with E-state index in [1.807, 2.05) is 24.3 Å². The van der Waals surface area contributed by atoms with Gasteiger partial charge in [-0.1, -0.05) is 25.0 Å². The monoisotopic (exact) mass is 345 g/mol. The number of anilines is 2. The van der Waals surface area contributed by atoms with Crippen LogP contribution in [-0.2, 0) is 14.3 Å². The Hall–Kier alpha value is -2.08. The number of ether oxygens (including phenoxy) is 1. The van der Waals surface area contributed by atoms with Crippen LogP contribution in [0.25, 0.3) is 0 Å². The molecule has 1 heterocycles. The van der Waals surface area contributed by atoms with Crippen molar-refractivity contribution in [3.05, 3.63) is 24.3 Å². The van der Waals surface area contributed by atoms with Crippen LogP contribution >= 0.6 is 0 Å². The fraction of sp³-hybridized carbons (Fsp3) is 0.579. The first kappa shape index (κ1) is 17.7. The van der Waals surface area contributed by atoms with Crippen LogP contribution in [-0.4, -0.2) is 38.2 Å². The predicted octanol–water partition coefficient (Wildman–Crippen LogP) is 1.55. The summed E-state index contributed by atoms with van der Waals surface area (Å²) in [7, 11) is 0. The average Bonchev–Trinajstić information content (AvgIpc) is 3.03. The average molecular weight is 345 g/mol. The molecule has 0 spiro atoms. The maximum Gasteiger partial charge on any atom is 0.224 e. The van der Waals surface area contributed by atoms with Gasteiger partial charge in [0.05, 0.1) is 24.6 Å². The number of carbonyl (C=O) groups excluding carboxylic acids is 2. The number of para-hydroxylation sites is 2. The minimum Gasteiger partial charge on any atom is -0.550 e. The molecule has 1 N–H and O–H groups in total. The normalized spacial score (nSPS) is 19.6. The van der Waals surface area contributed by atoms with Crippen LogP contribution in [0.3, 0.4) is 0 Å². The molecule has 0 unspecified atom stereocenters. The second-order valence-electron chi connectivity index (χ2n) is 7.10. The Balaban J connectivity index is 1.69. The number of nitrogens with one attached hydrogen (secondary N) is 1. The van der Waals surface area contributed by atoms with E-state index in [4.69, 9.17) is 4.74 Å². The van der Waals surface area contributed by atoms with Gasteiger partial charge in [0, 0.05) is 25.5 Å². The molecule has 1 amide bonds. The number of aliphatic carboxylic acids is 1. The van der Waals surface area contributed by atoms with Crippen LogP contribution in [0.15, 0.2) is 24.3 Å². The van der Waals surface area contributed by atoms with E-state index in [9.17, 15) is 14.7 Å². The number of rotatable bonds is 6. The zero-order chi connectivity index (χ0) is 17.7. The van der Waals surface area contributed by atoms with Crippen molar-refractivity contribution in [3.63, 3.8) is 0 Å². The standard InChI is InChI=1S/C19H26N2O4/c22-17(13-19(14-18(23)24)7-3-4-8-19)20-15-5-1-2-6-16(15)21-9-11-25-12-10-21/h1-2,5-6H,3-4,7-14H2,(H,20,22)(H,23,24)/p-1. The molecule has 0 atom stereocenters. The molecule has 1 aromatic rings. The molecule has 1 saturated heterocycles. The van der Waals surface area contributed by atoms with E-state index in [-0.39, 0.29) is 18.7 Å². The van der Waals surface area contributed by atoms with Crippen molar-refractivity contribution >= 4 is 23.3 Å². The molecular weight excluding hydrogens is 320 g/mol. The lowest BCUT2D eigenvalue weighted by molar-refractivity contribution is -0.308. The molecule has 1 aromatic carbocycles. The van der Waals surface area contributed by atoms with Gasteiger partial charge >= 0.3 is 0 Å². The van der Waals surface area contributed by atoms with Crippen molar-refractivity contribution in [1.82, 2.24) is 0 Å². The van der Waals surface area contributed by atoms with Crippen molar-refractivity contribution in [3.8, 4) is 0 Å². The van der Waals surface area contributed by atoms with E-state index in [2.05, 4.69) is 10.2 Å². The number of carbonyl (C=O) groups is 2. The highest BCUT2D eigenvalue weighted by molar-refractivity contribution is 5.95. The number of carboxylic acid groups (broad SMARTS) is 1. The van der Waals surface area contributed by atoms with Crippen LogP contribution in [0.5, 0.6) is 0 Å². The van der Waals surface area contributed by atoms with Crippen LogP contribution in [0, 0.1) is 5.41 Å². The van der Waals surface area contributed by atoms with Crippen molar-refractivity contribution in [2.75, 3.05) is 36.5 Å². The van der Waals surface area contributed by atoms with Crippen LogP contribution in [0.1, 0.15) is 38.5 Å². The third-order valence-electron chi connectivity index (χ3n) is 5.25. The van der Waals surface area contributed by atoms with Crippen LogP contribution in [0.2, 0.25) is 0 Å². The Bertz CT molecular complexity index is 620. The highest BCUT2D eigenvalue weighted by Crippen LogP contribution is 2.44. The van der Waals surface area contributed by atoms with Gasteiger partial charge in [0.25, 0.3) is 0 Å². The summed E-state index contributed by atoms with van der Waals surface area (Å²) < 4.78 is 5.39. The van der Waals surface area contributed by atoms with Gasteiger partial charge in [-0.2, -0.15) is 0 Å². The summed E-state index contributed by atoms with van der Waals surface area (Å²) in [6.45, 7) is 2.94. The molecular formula is C19H25N2O4-. The van der Waals surface area contributed by atoms with E-state index in [0.717, 1.165) is 50.1 Å². The molecule has 136 valence electrons. The van der Waals surface area contributed by atoms with Crippen molar-refractivity contribution in [1.29, 1.82) is 0 Å². The molecule has 0 bridgehead atoms. The minimum absolute atomic E-state index is 0.0362. The lowest BCUT2D eigenvalue weighted by Crippen LogP contribution is -2.37. The molecule has 2 aliphatic rings. The lowest BCUT2D eigenvalue weighted by atomic mass is 9.79. The Morgan fingerprint density at radius 1 is 1.12 bits per heavy atom. The predicted molar refractivity (Wildman–Crippen MR) is 93.2 cm³/mol. The molecule has 0 radical (unpaired) electrons. The zero-order valence-corrected chi connectivity index (χ0v) is 14.5. The summed E-state index contributed by atoms with van der Waals surface area (Å²) in [5, 5.41) is 14.1. The van der Waals surface area contributed by atoms with Crippen LogP contribution in [0.4, 0.5) is 11.4 Å². The molecule has 3 rings (SSSR count). The van der Waals surface area contributed by atoms with Crippen molar-refractivity contribution in [2.24, 2.45) is 5.41 Å². The molecule has 6 nitrogen and oxygen atoms in total. The van der Waals surface area contributed by atoms with E-state index >= 15 is 0 Å². The van der Waals surface area contributed by atoms with E-state index in [1.165, 1.54) is 0 Å². The van der Waals surface area contributed by atoms with Gasteiger partial charge in [0.1, 0.15) is 0 Å². The first-order valence-corrected chi connectivity index (χ1v) is 8.99. The van der Waals surface area contributed by atoms with Gasteiger partial charge in [-0.15, -0.1) is 0 Å². The van der Waals surface area contributed by atoms with E-state index in [1.54, 1.807) is 0 Å². The van der Waals surface area contributed by atoms with E-state index in [0.29, 0.717) is 13.2 Å². The molecule has 1 aliphatic heterocycles. The maximum absolute atomic E-state index is 12.6. The van der Waals surface area contributed by atoms with Gasteiger partial charge in [0.15, 0.2) is 0 Å².